The first-order chi connectivity index (χ1) is 11.1. The smallest absolute Gasteiger partial charge is 0.257 e. The fourth-order valence-electron chi connectivity index (χ4n) is 4.01. The van der Waals surface area contributed by atoms with E-state index in [0.717, 1.165) is 25.7 Å². The van der Waals surface area contributed by atoms with Crippen molar-refractivity contribution < 1.29 is 14.3 Å². The number of carbonyl (C=O) groups is 2. The lowest BCUT2D eigenvalue weighted by Crippen LogP contribution is -2.54. The summed E-state index contributed by atoms with van der Waals surface area (Å²) in [7, 11) is 1.90. The van der Waals surface area contributed by atoms with Crippen LogP contribution in [0.2, 0.25) is 0 Å². The zero-order chi connectivity index (χ0) is 16.3. The van der Waals surface area contributed by atoms with Crippen LogP contribution in [0.4, 0.5) is 0 Å². The molecule has 1 saturated carbocycles. The van der Waals surface area contributed by atoms with Crippen LogP contribution in [-0.4, -0.2) is 43.0 Å². The standard InChI is InChI=1S/C18H24N2O3/c1-20-15-8-5-10-18(15,11-9-17(20)22)13-19-16(21)12-23-14-6-3-2-4-7-14/h2-4,6-7,15H,5,8-13H2,1H3,(H,19,21). The van der Waals surface area contributed by atoms with Crippen molar-refractivity contribution in [3.63, 3.8) is 0 Å². The number of ether oxygens (including phenoxy) is 1. The van der Waals surface area contributed by atoms with Gasteiger partial charge in [-0.25, -0.2) is 0 Å². The van der Waals surface area contributed by atoms with Gasteiger partial charge >= 0.3 is 0 Å². The summed E-state index contributed by atoms with van der Waals surface area (Å²) in [5.41, 5.74) is 0.0467. The highest BCUT2D eigenvalue weighted by molar-refractivity contribution is 5.78. The number of hydrogen-bond donors (Lipinski definition) is 1. The second-order valence-electron chi connectivity index (χ2n) is 6.65. The van der Waals surface area contributed by atoms with Crippen molar-refractivity contribution in [2.24, 2.45) is 5.41 Å². The van der Waals surface area contributed by atoms with Gasteiger partial charge < -0.3 is 15.0 Å². The van der Waals surface area contributed by atoms with Gasteiger partial charge in [0.05, 0.1) is 0 Å². The molecule has 2 fully saturated rings. The molecule has 5 heteroatoms. The molecule has 0 aromatic heterocycles. The second kappa shape index (κ2) is 6.60. The zero-order valence-electron chi connectivity index (χ0n) is 13.6. The van der Waals surface area contributed by atoms with E-state index in [-0.39, 0.29) is 29.9 Å². The van der Waals surface area contributed by atoms with E-state index in [1.807, 2.05) is 42.3 Å². The first kappa shape index (κ1) is 15.8. The molecule has 1 saturated heterocycles. The molecule has 124 valence electrons. The third kappa shape index (κ3) is 3.33. The summed E-state index contributed by atoms with van der Waals surface area (Å²) in [4.78, 5) is 25.9. The maximum absolute atomic E-state index is 12.1. The van der Waals surface area contributed by atoms with Crippen LogP contribution in [0.25, 0.3) is 0 Å². The first-order valence-corrected chi connectivity index (χ1v) is 8.31. The van der Waals surface area contributed by atoms with Gasteiger partial charge in [-0.15, -0.1) is 0 Å². The van der Waals surface area contributed by atoms with Gasteiger partial charge in [0, 0.05) is 31.5 Å². The first-order valence-electron chi connectivity index (χ1n) is 8.31. The van der Waals surface area contributed by atoms with Crippen molar-refractivity contribution in [2.45, 2.75) is 38.1 Å². The number of amides is 2. The van der Waals surface area contributed by atoms with Crippen LogP contribution < -0.4 is 10.1 Å². The van der Waals surface area contributed by atoms with Gasteiger partial charge in [0.2, 0.25) is 5.91 Å². The fraction of sp³-hybridized carbons (Fsp3) is 0.556. The van der Waals surface area contributed by atoms with Gasteiger partial charge in [0.15, 0.2) is 6.61 Å². The molecule has 1 aliphatic heterocycles. The highest BCUT2D eigenvalue weighted by Gasteiger charge is 2.49. The van der Waals surface area contributed by atoms with Crippen LogP contribution in [0.3, 0.4) is 0 Å². The molecular formula is C18H24N2O3. The van der Waals surface area contributed by atoms with Crippen LogP contribution in [0.1, 0.15) is 32.1 Å². The maximum Gasteiger partial charge on any atom is 0.257 e. The minimum Gasteiger partial charge on any atom is -0.484 e. The average Bonchev–Trinajstić information content (AvgIpc) is 3.01. The van der Waals surface area contributed by atoms with Gasteiger partial charge in [0.1, 0.15) is 5.75 Å². The third-order valence-electron chi connectivity index (χ3n) is 5.31. The Bertz CT molecular complexity index is 575. The molecule has 3 rings (SSSR count). The van der Waals surface area contributed by atoms with E-state index in [9.17, 15) is 9.59 Å². The van der Waals surface area contributed by atoms with Crippen molar-refractivity contribution in [2.75, 3.05) is 20.2 Å². The lowest BCUT2D eigenvalue weighted by molar-refractivity contribution is -0.139. The predicted molar refractivity (Wildman–Crippen MR) is 87.0 cm³/mol. The van der Waals surface area contributed by atoms with E-state index in [2.05, 4.69) is 5.32 Å². The maximum atomic E-state index is 12.1. The molecule has 5 nitrogen and oxygen atoms in total. The number of carbonyl (C=O) groups excluding carboxylic acids is 2. The van der Waals surface area contributed by atoms with Crippen LogP contribution in [0.5, 0.6) is 5.75 Å². The monoisotopic (exact) mass is 316 g/mol. The van der Waals surface area contributed by atoms with Gasteiger partial charge in [0.25, 0.3) is 5.91 Å². The number of likely N-dealkylation sites (tertiary alicyclic amines) is 1. The molecule has 1 N–H and O–H groups in total. The number of para-hydroxylation sites is 1. The lowest BCUT2D eigenvalue weighted by atomic mass is 9.74. The van der Waals surface area contributed by atoms with Crippen molar-refractivity contribution in [1.29, 1.82) is 0 Å². The minimum atomic E-state index is -0.103. The number of rotatable bonds is 5. The molecule has 23 heavy (non-hydrogen) atoms. The van der Waals surface area contributed by atoms with Crippen molar-refractivity contribution in [3.8, 4) is 5.75 Å². The molecule has 2 aliphatic rings. The largest absolute Gasteiger partial charge is 0.484 e. The highest BCUT2D eigenvalue weighted by atomic mass is 16.5. The van der Waals surface area contributed by atoms with Crippen molar-refractivity contribution >= 4 is 11.8 Å². The fourth-order valence-corrected chi connectivity index (χ4v) is 4.01. The van der Waals surface area contributed by atoms with Crippen LogP contribution in [0, 0.1) is 5.41 Å². The molecule has 1 aromatic carbocycles. The molecule has 1 heterocycles. The number of fused-ring (bicyclic) bond motifs is 1. The Balaban J connectivity index is 1.53. The van der Waals surface area contributed by atoms with E-state index in [1.165, 1.54) is 0 Å². The molecule has 1 aliphatic carbocycles. The summed E-state index contributed by atoms with van der Waals surface area (Å²) in [6.07, 6.45) is 4.70. The molecule has 0 bridgehead atoms. The normalized spacial score (nSPS) is 26.7. The lowest BCUT2D eigenvalue weighted by Gasteiger charge is -2.44. The number of nitrogens with one attached hydrogen (secondary N) is 1. The summed E-state index contributed by atoms with van der Waals surface area (Å²) in [6, 6.07) is 9.60. The van der Waals surface area contributed by atoms with E-state index >= 15 is 0 Å². The summed E-state index contributed by atoms with van der Waals surface area (Å²) in [5.74, 6) is 0.822. The Labute approximate surface area is 137 Å². The Hall–Kier alpha value is -2.04. The molecule has 1 aromatic rings. The molecule has 2 unspecified atom stereocenters. The molecule has 2 amide bonds. The topological polar surface area (TPSA) is 58.6 Å². The van der Waals surface area contributed by atoms with Crippen LogP contribution in [0.15, 0.2) is 30.3 Å². The number of benzene rings is 1. The van der Waals surface area contributed by atoms with Gasteiger partial charge in [-0.3, -0.25) is 9.59 Å². The summed E-state index contributed by atoms with van der Waals surface area (Å²) in [6.45, 7) is 0.659. The molecule has 0 radical (unpaired) electrons. The van der Waals surface area contributed by atoms with E-state index < -0.39 is 0 Å². The Morgan fingerprint density at radius 2 is 2.13 bits per heavy atom. The molecule has 2 atom stereocenters. The number of hydrogen-bond acceptors (Lipinski definition) is 3. The van der Waals surface area contributed by atoms with E-state index in [1.54, 1.807) is 0 Å². The van der Waals surface area contributed by atoms with Gasteiger partial charge in [-0.1, -0.05) is 24.6 Å². The number of piperidine rings is 1. The van der Waals surface area contributed by atoms with Gasteiger partial charge in [-0.05, 0) is 31.4 Å². The van der Waals surface area contributed by atoms with Crippen molar-refractivity contribution in [1.82, 2.24) is 10.2 Å². The predicted octanol–water partition coefficient (Wildman–Crippen LogP) is 1.97. The van der Waals surface area contributed by atoms with E-state index in [4.69, 9.17) is 4.74 Å². The minimum absolute atomic E-state index is 0.0273. The quantitative estimate of drug-likeness (QED) is 0.903. The average molecular weight is 316 g/mol. The summed E-state index contributed by atoms with van der Waals surface area (Å²) in [5, 5.41) is 3.02. The Morgan fingerprint density at radius 1 is 1.35 bits per heavy atom. The molecular weight excluding hydrogens is 292 g/mol. The molecule has 0 spiro atoms. The SMILES string of the molecule is CN1C(=O)CCC2(CNC(=O)COc3ccccc3)CCCC12. The Kier molecular flexibility index (Phi) is 4.55. The van der Waals surface area contributed by atoms with Crippen molar-refractivity contribution in [3.05, 3.63) is 30.3 Å². The number of nitrogens with zero attached hydrogens (tertiary/aromatic N) is 1. The third-order valence-corrected chi connectivity index (χ3v) is 5.31. The summed E-state index contributed by atoms with van der Waals surface area (Å²) >= 11 is 0. The van der Waals surface area contributed by atoms with Crippen LogP contribution in [-0.2, 0) is 9.59 Å². The Morgan fingerprint density at radius 3 is 2.91 bits per heavy atom. The second-order valence-corrected chi connectivity index (χ2v) is 6.65. The van der Waals surface area contributed by atoms with E-state index in [0.29, 0.717) is 18.7 Å². The van der Waals surface area contributed by atoms with Gasteiger partial charge in [-0.2, -0.15) is 0 Å². The summed E-state index contributed by atoms with van der Waals surface area (Å²) < 4.78 is 5.48. The zero-order valence-corrected chi connectivity index (χ0v) is 13.6. The van der Waals surface area contributed by atoms with Crippen LogP contribution >= 0.6 is 0 Å². The highest BCUT2D eigenvalue weighted by Crippen LogP contribution is 2.47.